The Bertz CT molecular complexity index is 347. The first kappa shape index (κ1) is 12.4. The van der Waals surface area contributed by atoms with Gasteiger partial charge in [0, 0.05) is 31.5 Å². The maximum Gasteiger partial charge on any atom is 0.205 e. The molecule has 1 aromatic rings. The van der Waals surface area contributed by atoms with E-state index in [2.05, 4.69) is 34.5 Å². The van der Waals surface area contributed by atoms with Crippen LogP contribution in [0.2, 0.25) is 0 Å². The third kappa shape index (κ3) is 2.63. The lowest BCUT2D eigenvalue weighted by atomic mass is 9.94. The second-order valence-electron chi connectivity index (χ2n) is 5.10. The van der Waals surface area contributed by atoms with E-state index in [1.807, 2.05) is 6.20 Å². The van der Waals surface area contributed by atoms with Crippen LogP contribution >= 0.6 is 0 Å². The predicted molar refractivity (Wildman–Crippen MR) is 71.1 cm³/mol. The van der Waals surface area contributed by atoms with E-state index < -0.39 is 0 Å². The van der Waals surface area contributed by atoms with E-state index in [4.69, 9.17) is 5.73 Å². The fraction of sp³-hybridized carbons (Fsp3) is 0.769. The number of anilines is 1. The minimum absolute atomic E-state index is 0.579. The Morgan fingerprint density at radius 1 is 1.47 bits per heavy atom. The van der Waals surface area contributed by atoms with Crippen molar-refractivity contribution in [3.05, 3.63) is 12.4 Å². The topological polar surface area (TPSA) is 47.1 Å². The van der Waals surface area contributed by atoms with Gasteiger partial charge in [0.25, 0.3) is 0 Å². The number of rotatable bonds is 4. The van der Waals surface area contributed by atoms with Crippen LogP contribution in [-0.2, 0) is 6.54 Å². The first-order valence-corrected chi connectivity index (χ1v) is 6.74. The van der Waals surface area contributed by atoms with E-state index >= 15 is 0 Å². The smallest absolute Gasteiger partial charge is 0.205 e. The Morgan fingerprint density at radius 3 is 3.00 bits per heavy atom. The Morgan fingerprint density at radius 2 is 2.29 bits per heavy atom. The highest BCUT2D eigenvalue weighted by molar-refractivity contribution is 5.34. The second kappa shape index (κ2) is 5.54. The Balaban J connectivity index is 2.15. The molecule has 1 aliphatic heterocycles. The van der Waals surface area contributed by atoms with Crippen LogP contribution in [0, 0.1) is 5.92 Å². The number of hydrogen-bond donors (Lipinski definition) is 1. The van der Waals surface area contributed by atoms with Crippen molar-refractivity contribution in [2.24, 2.45) is 11.7 Å². The van der Waals surface area contributed by atoms with Crippen molar-refractivity contribution < 1.29 is 0 Å². The van der Waals surface area contributed by atoms with Gasteiger partial charge in [-0.1, -0.05) is 6.92 Å². The van der Waals surface area contributed by atoms with Crippen LogP contribution in [0.15, 0.2) is 12.4 Å². The zero-order valence-electron chi connectivity index (χ0n) is 11.0. The molecule has 1 aromatic heterocycles. The van der Waals surface area contributed by atoms with Gasteiger partial charge < -0.3 is 15.2 Å². The molecule has 0 aliphatic carbocycles. The highest BCUT2D eigenvalue weighted by Gasteiger charge is 2.27. The van der Waals surface area contributed by atoms with Gasteiger partial charge in [-0.25, -0.2) is 4.98 Å². The van der Waals surface area contributed by atoms with Gasteiger partial charge in [0.05, 0.1) is 0 Å². The summed E-state index contributed by atoms with van der Waals surface area (Å²) < 4.78 is 2.26. The van der Waals surface area contributed by atoms with E-state index in [9.17, 15) is 0 Å². The summed E-state index contributed by atoms with van der Waals surface area (Å²) in [5.41, 5.74) is 5.81. The molecule has 0 saturated carbocycles. The summed E-state index contributed by atoms with van der Waals surface area (Å²) in [6.07, 6.45) is 7.61. The third-order valence-corrected chi connectivity index (χ3v) is 3.73. The van der Waals surface area contributed by atoms with E-state index in [1.54, 1.807) is 0 Å². The number of imidazole rings is 1. The monoisotopic (exact) mass is 236 g/mol. The van der Waals surface area contributed by atoms with Crippen molar-refractivity contribution in [1.82, 2.24) is 9.55 Å². The minimum atomic E-state index is 0.579. The van der Waals surface area contributed by atoms with Gasteiger partial charge in [0.15, 0.2) is 0 Å². The van der Waals surface area contributed by atoms with E-state index in [1.165, 1.54) is 12.8 Å². The molecule has 0 radical (unpaired) electrons. The number of aromatic nitrogens is 2. The number of hydrogen-bond acceptors (Lipinski definition) is 3. The van der Waals surface area contributed by atoms with E-state index in [0.29, 0.717) is 12.0 Å². The maximum atomic E-state index is 5.81. The lowest BCUT2D eigenvalue weighted by molar-refractivity contribution is 0.366. The molecule has 2 rings (SSSR count). The van der Waals surface area contributed by atoms with Crippen LogP contribution < -0.4 is 10.6 Å². The molecule has 0 amide bonds. The van der Waals surface area contributed by atoms with Gasteiger partial charge in [-0.05, 0) is 38.6 Å². The van der Waals surface area contributed by atoms with Crippen molar-refractivity contribution in [1.29, 1.82) is 0 Å². The lowest BCUT2D eigenvalue weighted by Crippen LogP contribution is -2.45. The quantitative estimate of drug-likeness (QED) is 0.868. The second-order valence-corrected chi connectivity index (χ2v) is 5.10. The summed E-state index contributed by atoms with van der Waals surface area (Å²) >= 11 is 0. The fourth-order valence-electron chi connectivity index (χ4n) is 2.63. The molecular weight excluding hydrogens is 212 g/mol. The molecular formula is C13H24N4. The molecule has 1 saturated heterocycles. The Labute approximate surface area is 104 Å². The molecule has 1 fully saturated rings. The zero-order valence-corrected chi connectivity index (χ0v) is 11.0. The van der Waals surface area contributed by atoms with Crippen molar-refractivity contribution >= 4 is 5.95 Å². The molecule has 2 atom stereocenters. The van der Waals surface area contributed by atoms with Gasteiger partial charge in [-0.15, -0.1) is 0 Å². The van der Waals surface area contributed by atoms with Crippen molar-refractivity contribution in [3.63, 3.8) is 0 Å². The van der Waals surface area contributed by atoms with Crippen molar-refractivity contribution in [2.75, 3.05) is 18.0 Å². The number of aryl methyl sites for hydroxylation is 1. The van der Waals surface area contributed by atoms with Crippen LogP contribution in [-0.4, -0.2) is 28.7 Å². The van der Waals surface area contributed by atoms with Crippen LogP contribution in [0.25, 0.3) is 0 Å². The number of nitrogens with two attached hydrogens (primary N) is 1. The number of piperidine rings is 1. The van der Waals surface area contributed by atoms with Crippen molar-refractivity contribution in [2.45, 2.75) is 45.7 Å². The highest BCUT2D eigenvalue weighted by Crippen LogP contribution is 2.26. The largest absolute Gasteiger partial charge is 0.339 e. The molecule has 2 N–H and O–H groups in total. The average molecular weight is 236 g/mol. The third-order valence-electron chi connectivity index (χ3n) is 3.73. The fourth-order valence-corrected chi connectivity index (χ4v) is 2.63. The molecule has 17 heavy (non-hydrogen) atoms. The summed E-state index contributed by atoms with van der Waals surface area (Å²) in [4.78, 5) is 6.95. The average Bonchev–Trinajstić information content (AvgIpc) is 2.78. The summed E-state index contributed by atoms with van der Waals surface area (Å²) in [6.45, 7) is 7.38. The van der Waals surface area contributed by atoms with Crippen LogP contribution in [0.5, 0.6) is 0 Å². The van der Waals surface area contributed by atoms with Crippen LogP contribution in [0.3, 0.4) is 0 Å². The molecule has 96 valence electrons. The van der Waals surface area contributed by atoms with Crippen LogP contribution in [0.4, 0.5) is 5.95 Å². The van der Waals surface area contributed by atoms with Crippen LogP contribution in [0.1, 0.15) is 33.1 Å². The van der Waals surface area contributed by atoms with Gasteiger partial charge in [-0.3, -0.25) is 0 Å². The van der Waals surface area contributed by atoms with Gasteiger partial charge >= 0.3 is 0 Å². The molecule has 4 nitrogen and oxygen atoms in total. The van der Waals surface area contributed by atoms with Gasteiger partial charge in [0.1, 0.15) is 0 Å². The molecule has 2 unspecified atom stereocenters. The molecule has 4 heteroatoms. The van der Waals surface area contributed by atoms with Crippen molar-refractivity contribution in [3.8, 4) is 0 Å². The molecule has 0 spiro atoms. The number of nitrogens with zero attached hydrogens (tertiary/aromatic N) is 3. The molecule has 2 heterocycles. The molecule has 0 bridgehead atoms. The van der Waals surface area contributed by atoms with Gasteiger partial charge in [-0.2, -0.15) is 0 Å². The predicted octanol–water partition coefficient (Wildman–Crippen LogP) is 1.86. The maximum absolute atomic E-state index is 5.81. The highest BCUT2D eigenvalue weighted by atomic mass is 15.3. The summed E-state index contributed by atoms with van der Waals surface area (Å²) in [7, 11) is 0. The standard InChI is InChI=1S/C13H24N4/c1-3-7-16-8-6-15-13(16)17-10-12(9-14)5-4-11(17)2/h6,8,11-12H,3-5,7,9-10,14H2,1-2H3. The van der Waals surface area contributed by atoms with E-state index in [0.717, 1.165) is 32.0 Å². The normalized spacial score (nSPS) is 25.2. The molecule has 0 aromatic carbocycles. The minimum Gasteiger partial charge on any atom is -0.339 e. The first-order valence-electron chi connectivity index (χ1n) is 6.74. The first-order chi connectivity index (χ1) is 8.26. The summed E-state index contributed by atoms with van der Waals surface area (Å²) in [5, 5.41) is 0. The lowest BCUT2D eigenvalue weighted by Gasteiger charge is -2.38. The zero-order chi connectivity index (χ0) is 12.3. The van der Waals surface area contributed by atoms with Gasteiger partial charge in [0.2, 0.25) is 5.95 Å². The summed E-state index contributed by atoms with van der Waals surface area (Å²) in [5.74, 6) is 1.75. The molecule has 1 aliphatic rings. The summed E-state index contributed by atoms with van der Waals surface area (Å²) in [6, 6.07) is 0.579. The van der Waals surface area contributed by atoms with E-state index in [-0.39, 0.29) is 0 Å². The Kier molecular flexibility index (Phi) is 4.05. The Hall–Kier alpha value is -1.03. The SMILES string of the molecule is CCCn1ccnc1N1CC(CN)CCC1C.